The standard InChI is InChI=1S/C17H26N2O2/c1-17(18-2,16(20)21)13-19-10-8-15(9-11-19)12-14-6-4-3-5-7-14/h3-7,15,18H,8-13H2,1-2H3,(H,20,21). The van der Waals surface area contributed by atoms with E-state index in [-0.39, 0.29) is 0 Å². The van der Waals surface area contributed by atoms with Crippen molar-refractivity contribution in [2.45, 2.75) is 31.7 Å². The van der Waals surface area contributed by atoms with E-state index >= 15 is 0 Å². The first-order valence-electron chi connectivity index (χ1n) is 7.72. The van der Waals surface area contributed by atoms with Gasteiger partial charge in [0.15, 0.2) is 0 Å². The van der Waals surface area contributed by atoms with Crippen molar-refractivity contribution in [3.63, 3.8) is 0 Å². The van der Waals surface area contributed by atoms with Crippen molar-refractivity contribution in [2.75, 3.05) is 26.7 Å². The number of piperidine rings is 1. The fraction of sp³-hybridized carbons (Fsp3) is 0.588. The third-order valence-corrected chi connectivity index (χ3v) is 4.64. The number of hydrogen-bond donors (Lipinski definition) is 2. The van der Waals surface area contributed by atoms with Gasteiger partial charge in [0, 0.05) is 6.54 Å². The highest BCUT2D eigenvalue weighted by Crippen LogP contribution is 2.22. The van der Waals surface area contributed by atoms with Crippen molar-refractivity contribution in [1.82, 2.24) is 10.2 Å². The van der Waals surface area contributed by atoms with Gasteiger partial charge < -0.3 is 15.3 Å². The minimum Gasteiger partial charge on any atom is -0.480 e. The lowest BCUT2D eigenvalue weighted by atomic mass is 9.89. The molecule has 2 rings (SSSR count). The van der Waals surface area contributed by atoms with E-state index in [1.165, 1.54) is 5.56 Å². The molecule has 0 amide bonds. The van der Waals surface area contributed by atoms with Crippen LogP contribution < -0.4 is 5.32 Å². The van der Waals surface area contributed by atoms with Crippen LogP contribution in [0.3, 0.4) is 0 Å². The molecule has 2 N–H and O–H groups in total. The molecule has 0 bridgehead atoms. The van der Waals surface area contributed by atoms with Gasteiger partial charge in [-0.25, -0.2) is 0 Å². The summed E-state index contributed by atoms with van der Waals surface area (Å²) < 4.78 is 0. The molecule has 1 unspecified atom stereocenters. The lowest BCUT2D eigenvalue weighted by Gasteiger charge is -2.37. The predicted molar refractivity (Wildman–Crippen MR) is 84.4 cm³/mol. The summed E-state index contributed by atoms with van der Waals surface area (Å²) in [6.07, 6.45) is 3.43. The Labute approximate surface area is 127 Å². The molecule has 0 radical (unpaired) electrons. The van der Waals surface area contributed by atoms with Crippen molar-refractivity contribution in [3.8, 4) is 0 Å². The van der Waals surface area contributed by atoms with Gasteiger partial charge in [-0.15, -0.1) is 0 Å². The molecule has 1 aromatic carbocycles. The number of carboxylic acids is 1. The first kappa shape index (κ1) is 16.0. The molecule has 4 heteroatoms. The highest BCUT2D eigenvalue weighted by molar-refractivity contribution is 5.78. The van der Waals surface area contributed by atoms with Crippen LogP contribution in [0.25, 0.3) is 0 Å². The van der Waals surface area contributed by atoms with E-state index in [1.807, 2.05) is 0 Å². The fourth-order valence-corrected chi connectivity index (χ4v) is 3.00. The average molecular weight is 290 g/mol. The summed E-state index contributed by atoms with van der Waals surface area (Å²) in [7, 11) is 1.72. The summed E-state index contributed by atoms with van der Waals surface area (Å²) in [5.74, 6) is -0.0641. The molecule has 1 aliphatic rings. The molecule has 1 aliphatic heterocycles. The van der Waals surface area contributed by atoms with E-state index in [0.29, 0.717) is 12.5 Å². The molecule has 1 atom stereocenters. The molecule has 1 fully saturated rings. The van der Waals surface area contributed by atoms with Crippen molar-refractivity contribution in [2.24, 2.45) is 5.92 Å². The van der Waals surface area contributed by atoms with Crippen LogP contribution in [0.4, 0.5) is 0 Å². The molecule has 116 valence electrons. The molecule has 0 saturated carbocycles. The lowest BCUT2D eigenvalue weighted by Crippen LogP contribution is -2.56. The minimum absolute atomic E-state index is 0.566. The Morgan fingerprint density at radius 3 is 2.48 bits per heavy atom. The average Bonchev–Trinajstić information content (AvgIpc) is 2.50. The monoisotopic (exact) mass is 290 g/mol. The Hall–Kier alpha value is -1.39. The van der Waals surface area contributed by atoms with Gasteiger partial charge in [0.1, 0.15) is 5.54 Å². The van der Waals surface area contributed by atoms with E-state index in [4.69, 9.17) is 0 Å². The van der Waals surface area contributed by atoms with Crippen molar-refractivity contribution < 1.29 is 9.90 Å². The summed E-state index contributed by atoms with van der Waals surface area (Å²) in [5.41, 5.74) is 0.549. The third-order valence-electron chi connectivity index (χ3n) is 4.64. The number of rotatable bonds is 6. The van der Waals surface area contributed by atoms with Crippen LogP contribution in [0, 0.1) is 5.92 Å². The summed E-state index contributed by atoms with van der Waals surface area (Å²) >= 11 is 0. The van der Waals surface area contributed by atoms with Crippen LogP contribution in [0.2, 0.25) is 0 Å². The Kier molecular flexibility index (Phi) is 5.37. The molecule has 4 nitrogen and oxygen atoms in total. The maximum Gasteiger partial charge on any atom is 0.324 e. The number of aliphatic carboxylic acids is 1. The maximum absolute atomic E-state index is 11.3. The molecular formula is C17H26N2O2. The number of likely N-dealkylation sites (tertiary alicyclic amines) is 1. The Morgan fingerprint density at radius 2 is 1.95 bits per heavy atom. The lowest BCUT2D eigenvalue weighted by molar-refractivity contribution is -0.144. The second-order valence-electron chi connectivity index (χ2n) is 6.30. The van der Waals surface area contributed by atoms with Crippen molar-refractivity contribution in [1.29, 1.82) is 0 Å². The van der Waals surface area contributed by atoms with E-state index in [9.17, 15) is 9.90 Å². The number of carbonyl (C=O) groups is 1. The summed E-state index contributed by atoms with van der Waals surface area (Å²) in [5, 5.41) is 12.3. The zero-order valence-electron chi connectivity index (χ0n) is 13.0. The minimum atomic E-state index is -0.855. The van der Waals surface area contributed by atoms with Crippen LogP contribution >= 0.6 is 0 Å². The zero-order chi connectivity index (χ0) is 15.3. The van der Waals surface area contributed by atoms with Crippen LogP contribution in [0.1, 0.15) is 25.3 Å². The van der Waals surface area contributed by atoms with Crippen LogP contribution in [-0.2, 0) is 11.2 Å². The summed E-state index contributed by atoms with van der Waals surface area (Å²) in [4.78, 5) is 13.6. The third kappa shape index (κ3) is 4.29. The molecule has 0 spiro atoms. The predicted octanol–water partition coefficient (Wildman–Crippen LogP) is 2.00. The van der Waals surface area contributed by atoms with Crippen LogP contribution in [0.15, 0.2) is 30.3 Å². The van der Waals surface area contributed by atoms with Gasteiger partial charge in [0.05, 0.1) is 0 Å². The van der Waals surface area contributed by atoms with E-state index in [2.05, 4.69) is 40.5 Å². The van der Waals surface area contributed by atoms with Crippen LogP contribution in [-0.4, -0.2) is 48.2 Å². The molecule has 0 aliphatic carbocycles. The largest absolute Gasteiger partial charge is 0.480 e. The number of hydrogen-bond acceptors (Lipinski definition) is 3. The molecule has 21 heavy (non-hydrogen) atoms. The number of nitrogens with one attached hydrogen (secondary N) is 1. The smallest absolute Gasteiger partial charge is 0.324 e. The van der Waals surface area contributed by atoms with E-state index in [1.54, 1.807) is 14.0 Å². The first-order chi connectivity index (χ1) is 10.0. The van der Waals surface area contributed by atoms with Gasteiger partial charge in [0.25, 0.3) is 0 Å². The Morgan fingerprint density at radius 1 is 1.33 bits per heavy atom. The molecule has 1 heterocycles. The number of nitrogens with zero attached hydrogens (tertiary/aromatic N) is 1. The maximum atomic E-state index is 11.3. The second kappa shape index (κ2) is 7.05. The number of carboxylic acid groups (broad SMARTS) is 1. The molecule has 0 aromatic heterocycles. The highest BCUT2D eigenvalue weighted by Gasteiger charge is 2.34. The van der Waals surface area contributed by atoms with Gasteiger partial charge in [0.2, 0.25) is 0 Å². The van der Waals surface area contributed by atoms with Gasteiger partial charge in [-0.1, -0.05) is 30.3 Å². The van der Waals surface area contributed by atoms with E-state index < -0.39 is 11.5 Å². The molecule has 1 aromatic rings. The van der Waals surface area contributed by atoms with Crippen molar-refractivity contribution in [3.05, 3.63) is 35.9 Å². The topological polar surface area (TPSA) is 52.6 Å². The summed E-state index contributed by atoms with van der Waals surface area (Å²) in [6.45, 7) is 4.30. The second-order valence-corrected chi connectivity index (χ2v) is 6.30. The van der Waals surface area contributed by atoms with E-state index in [0.717, 1.165) is 32.4 Å². The van der Waals surface area contributed by atoms with Crippen molar-refractivity contribution >= 4 is 5.97 Å². The van der Waals surface area contributed by atoms with Gasteiger partial charge >= 0.3 is 5.97 Å². The summed E-state index contributed by atoms with van der Waals surface area (Å²) in [6, 6.07) is 10.6. The quantitative estimate of drug-likeness (QED) is 0.841. The van der Waals surface area contributed by atoms with Gasteiger partial charge in [-0.05, 0) is 57.8 Å². The number of benzene rings is 1. The zero-order valence-corrected chi connectivity index (χ0v) is 13.0. The van der Waals surface area contributed by atoms with Gasteiger partial charge in [-0.3, -0.25) is 4.79 Å². The first-order valence-corrected chi connectivity index (χ1v) is 7.72. The Bertz CT molecular complexity index is 455. The number of likely N-dealkylation sites (N-methyl/N-ethyl adjacent to an activating group) is 1. The molecular weight excluding hydrogens is 264 g/mol. The SMILES string of the molecule is CNC(C)(CN1CCC(Cc2ccccc2)CC1)C(=O)O. The Balaban J connectivity index is 1.82. The normalized spacial score (nSPS) is 20.1. The van der Waals surface area contributed by atoms with Crippen LogP contribution in [0.5, 0.6) is 0 Å². The van der Waals surface area contributed by atoms with Gasteiger partial charge in [-0.2, -0.15) is 0 Å². The molecule has 1 saturated heterocycles. The highest BCUT2D eigenvalue weighted by atomic mass is 16.4. The fourth-order valence-electron chi connectivity index (χ4n) is 3.00.